The Morgan fingerprint density at radius 2 is 1.80 bits per heavy atom. The summed E-state index contributed by atoms with van der Waals surface area (Å²) in [7, 11) is -8.15. The van der Waals surface area contributed by atoms with Crippen LogP contribution in [0, 0.1) is 0 Å². The van der Waals surface area contributed by atoms with Crippen molar-refractivity contribution in [2.24, 2.45) is 0 Å². The van der Waals surface area contributed by atoms with Crippen LogP contribution in [0.4, 0.5) is 0 Å². The summed E-state index contributed by atoms with van der Waals surface area (Å²) in [6, 6.07) is 0. The lowest BCUT2D eigenvalue weighted by molar-refractivity contribution is 0.208. The van der Waals surface area contributed by atoms with E-state index in [2.05, 4.69) is 4.18 Å². The lowest BCUT2D eigenvalue weighted by atomic mass is 10.5. The van der Waals surface area contributed by atoms with Gasteiger partial charge in [0, 0.05) is 0 Å². The molecule has 92 valence electrons. The van der Waals surface area contributed by atoms with E-state index in [1.54, 1.807) is 0 Å². The Kier molecular flexibility index (Phi) is 5.67. The standard InChI is InChI=1S/C6H14O7S2/c1-2-6(7)15(11,12)13-4-3-5-14(8,9)10/h6-7H,2-5H2,1H3,(H,8,9,10). The second-order valence-corrected chi connectivity index (χ2v) is 6.15. The maximum Gasteiger partial charge on any atom is 0.294 e. The van der Waals surface area contributed by atoms with Gasteiger partial charge in [-0.25, -0.2) is 0 Å². The van der Waals surface area contributed by atoms with Crippen molar-refractivity contribution in [3.8, 4) is 0 Å². The minimum Gasteiger partial charge on any atom is -0.375 e. The Morgan fingerprint density at radius 3 is 2.20 bits per heavy atom. The van der Waals surface area contributed by atoms with Crippen molar-refractivity contribution in [3.63, 3.8) is 0 Å². The third kappa shape index (κ3) is 6.79. The van der Waals surface area contributed by atoms with Gasteiger partial charge in [0.2, 0.25) is 0 Å². The molecule has 0 aliphatic carbocycles. The highest BCUT2D eigenvalue weighted by Crippen LogP contribution is 2.05. The summed E-state index contributed by atoms with van der Waals surface area (Å²) in [6.45, 7) is 1.07. The smallest absolute Gasteiger partial charge is 0.294 e. The van der Waals surface area contributed by atoms with E-state index < -0.39 is 31.4 Å². The summed E-state index contributed by atoms with van der Waals surface area (Å²) in [5.74, 6) is -0.579. The van der Waals surface area contributed by atoms with Crippen molar-refractivity contribution in [1.82, 2.24) is 0 Å². The van der Waals surface area contributed by atoms with Gasteiger partial charge in [-0.1, -0.05) is 6.92 Å². The van der Waals surface area contributed by atoms with E-state index in [1.807, 2.05) is 0 Å². The Bertz CT molecular complexity index is 368. The van der Waals surface area contributed by atoms with E-state index in [9.17, 15) is 16.8 Å². The first-order valence-corrected chi connectivity index (χ1v) is 7.28. The van der Waals surface area contributed by atoms with E-state index in [0.29, 0.717) is 0 Å². The first kappa shape index (κ1) is 14.8. The molecule has 15 heavy (non-hydrogen) atoms. The molecule has 0 aromatic carbocycles. The monoisotopic (exact) mass is 262 g/mol. The quantitative estimate of drug-likeness (QED) is 0.355. The topological polar surface area (TPSA) is 118 Å². The highest BCUT2D eigenvalue weighted by Gasteiger charge is 2.21. The number of aliphatic hydroxyl groups excluding tert-OH is 1. The predicted octanol–water partition coefficient (Wildman–Crippen LogP) is -0.661. The lowest BCUT2D eigenvalue weighted by Gasteiger charge is -2.09. The molecule has 0 heterocycles. The van der Waals surface area contributed by atoms with Crippen LogP contribution in [-0.2, 0) is 24.4 Å². The van der Waals surface area contributed by atoms with Crippen LogP contribution in [0.2, 0.25) is 0 Å². The molecule has 0 aliphatic rings. The molecule has 0 rings (SSSR count). The van der Waals surface area contributed by atoms with Crippen molar-refractivity contribution in [1.29, 1.82) is 0 Å². The molecule has 1 unspecified atom stereocenters. The van der Waals surface area contributed by atoms with Crippen molar-refractivity contribution in [2.75, 3.05) is 12.4 Å². The molecule has 0 fully saturated rings. The molecule has 0 spiro atoms. The van der Waals surface area contributed by atoms with Crippen LogP contribution >= 0.6 is 0 Å². The number of hydrogen-bond acceptors (Lipinski definition) is 6. The van der Waals surface area contributed by atoms with Crippen LogP contribution in [0.5, 0.6) is 0 Å². The van der Waals surface area contributed by atoms with Crippen LogP contribution in [-0.4, -0.2) is 44.3 Å². The average molecular weight is 262 g/mol. The molecule has 9 heteroatoms. The number of rotatable bonds is 7. The Labute approximate surface area is 88.9 Å². The minimum absolute atomic E-state index is 0.0133. The Morgan fingerprint density at radius 1 is 1.27 bits per heavy atom. The molecule has 0 aromatic heterocycles. The average Bonchev–Trinajstić information content (AvgIpc) is 2.09. The second kappa shape index (κ2) is 5.75. The maximum atomic E-state index is 11.0. The first-order valence-electron chi connectivity index (χ1n) is 4.20. The van der Waals surface area contributed by atoms with Crippen LogP contribution in [0.15, 0.2) is 0 Å². The van der Waals surface area contributed by atoms with Crippen LogP contribution in [0.3, 0.4) is 0 Å². The molecule has 0 radical (unpaired) electrons. The van der Waals surface area contributed by atoms with Gasteiger partial charge < -0.3 is 5.11 Å². The number of aliphatic hydroxyl groups is 1. The van der Waals surface area contributed by atoms with Crippen LogP contribution in [0.1, 0.15) is 19.8 Å². The molecular weight excluding hydrogens is 248 g/mol. The van der Waals surface area contributed by atoms with Crippen LogP contribution < -0.4 is 0 Å². The molecule has 0 aromatic rings. The van der Waals surface area contributed by atoms with Gasteiger partial charge in [-0.05, 0) is 12.8 Å². The van der Waals surface area contributed by atoms with Gasteiger partial charge in [-0.15, -0.1) is 0 Å². The summed E-state index contributed by atoms with van der Waals surface area (Å²) in [5, 5.41) is 8.96. The zero-order valence-electron chi connectivity index (χ0n) is 8.16. The highest BCUT2D eigenvalue weighted by molar-refractivity contribution is 7.87. The predicted molar refractivity (Wildman–Crippen MR) is 52.2 cm³/mol. The summed E-state index contributed by atoms with van der Waals surface area (Å²) in [5.41, 5.74) is -1.61. The maximum absolute atomic E-state index is 11.0. The first-order chi connectivity index (χ1) is 6.69. The van der Waals surface area contributed by atoms with E-state index in [0.717, 1.165) is 0 Å². The van der Waals surface area contributed by atoms with Crippen molar-refractivity contribution >= 4 is 20.2 Å². The van der Waals surface area contributed by atoms with E-state index >= 15 is 0 Å². The normalized spacial score (nSPS) is 15.1. The Balaban J connectivity index is 3.97. The molecule has 1 atom stereocenters. The van der Waals surface area contributed by atoms with Crippen molar-refractivity contribution in [2.45, 2.75) is 25.2 Å². The SMILES string of the molecule is CCC(O)S(=O)(=O)OCCCS(=O)(=O)O. The molecule has 0 saturated heterocycles. The van der Waals surface area contributed by atoms with Crippen molar-refractivity contribution in [3.05, 3.63) is 0 Å². The van der Waals surface area contributed by atoms with Gasteiger partial charge in [0.05, 0.1) is 12.4 Å². The van der Waals surface area contributed by atoms with Gasteiger partial charge in [-0.3, -0.25) is 8.74 Å². The van der Waals surface area contributed by atoms with Gasteiger partial charge >= 0.3 is 0 Å². The van der Waals surface area contributed by atoms with Gasteiger partial charge in [0.1, 0.15) is 0 Å². The summed E-state index contributed by atoms with van der Waals surface area (Å²) in [6.07, 6.45) is -0.171. The Hall–Kier alpha value is -0.220. The zero-order valence-corrected chi connectivity index (χ0v) is 9.79. The fraction of sp³-hybridized carbons (Fsp3) is 1.00. The largest absolute Gasteiger partial charge is 0.375 e. The summed E-state index contributed by atoms with van der Waals surface area (Å²) >= 11 is 0. The molecule has 0 bridgehead atoms. The van der Waals surface area contributed by atoms with E-state index in [-0.39, 0.29) is 19.4 Å². The molecule has 0 saturated carbocycles. The second-order valence-electron chi connectivity index (χ2n) is 2.82. The molecule has 7 nitrogen and oxygen atoms in total. The molecule has 0 aliphatic heterocycles. The fourth-order valence-corrected chi connectivity index (χ4v) is 2.10. The van der Waals surface area contributed by atoms with Gasteiger partial charge in [0.25, 0.3) is 20.2 Å². The van der Waals surface area contributed by atoms with Crippen molar-refractivity contribution < 1.29 is 30.7 Å². The number of hydrogen-bond donors (Lipinski definition) is 2. The third-order valence-electron chi connectivity index (χ3n) is 1.48. The molecule has 0 amide bonds. The van der Waals surface area contributed by atoms with Crippen LogP contribution in [0.25, 0.3) is 0 Å². The lowest BCUT2D eigenvalue weighted by Crippen LogP contribution is -2.23. The summed E-state index contributed by atoms with van der Waals surface area (Å²) in [4.78, 5) is 0. The molecule has 2 N–H and O–H groups in total. The fourth-order valence-electron chi connectivity index (χ4n) is 0.699. The zero-order chi connectivity index (χ0) is 12.1. The van der Waals surface area contributed by atoms with Gasteiger partial charge in [0.15, 0.2) is 5.44 Å². The highest BCUT2D eigenvalue weighted by atomic mass is 32.2. The minimum atomic E-state index is -4.10. The van der Waals surface area contributed by atoms with Gasteiger partial charge in [-0.2, -0.15) is 16.8 Å². The van der Waals surface area contributed by atoms with E-state index in [1.165, 1.54) is 6.92 Å². The molecular formula is C6H14O7S2. The summed E-state index contributed by atoms with van der Waals surface area (Å²) < 4.78 is 55.1. The third-order valence-corrected chi connectivity index (χ3v) is 3.78. The van der Waals surface area contributed by atoms with E-state index in [4.69, 9.17) is 9.66 Å².